The smallest absolute Gasteiger partial charge is 0.416 e. The van der Waals surface area contributed by atoms with Gasteiger partial charge in [-0.05, 0) is 48.7 Å². The molecule has 27 heavy (non-hydrogen) atoms. The van der Waals surface area contributed by atoms with Crippen LogP contribution in [0.4, 0.5) is 13.2 Å². The second kappa shape index (κ2) is 8.63. The van der Waals surface area contributed by atoms with E-state index in [1.807, 2.05) is 18.2 Å². The van der Waals surface area contributed by atoms with E-state index in [-0.39, 0.29) is 12.7 Å². The Kier molecular flexibility index (Phi) is 6.44. The largest absolute Gasteiger partial charge is 0.489 e. The first-order valence-electron chi connectivity index (χ1n) is 8.79. The first-order valence-corrected chi connectivity index (χ1v) is 9.58. The average molecular weight is 444 g/mol. The van der Waals surface area contributed by atoms with Crippen molar-refractivity contribution >= 4 is 15.9 Å². The molecule has 0 saturated carbocycles. The maximum atomic E-state index is 12.7. The van der Waals surface area contributed by atoms with Crippen LogP contribution in [0.1, 0.15) is 29.5 Å². The van der Waals surface area contributed by atoms with E-state index in [1.165, 1.54) is 12.1 Å². The molecule has 0 aliphatic carbocycles. The van der Waals surface area contributed by atoms with Crippen LogP contribution in [0.5, 0.6) is 5.75 Å². The Labute approximate surface area is 164 Å². The number of hydrogen-bond donors (Lipinski definition) is 1. The van der Waals surface area contributed by atoms with Crippen LogP contribution in [0.15, 0.2) is 46.9 Å². The number of alkyl halides is 3. The number of rotatable bonds is 5. The van der Waals surface area contributed by atoms with Gasteiger partial charge in [0.1, 0.15) is 12.4 Å². The van der Waals surface area contributed by atoms with Crippen LogP contribution in [0.25, 0.3) is 0 Å². The van der Waals surface area contributed by atoms with E-state index in [9.17, 15) is 18.3 Å². The van der Waals surface area contributed by atoms with Gasteiger partial charge in [0, 0.05) is 29.7 Å². The predicted octanol–water partition coefficient (Wildman–Crippen LogP) is 5.00. The molecule has 0 radical (unpaired) electrons. The zero-order valence-corrected chi connectivity index (χ0v) is 16.3. The molecular formula is C20H21BrF3NO2. The zero-order chi connectivity index (χ0) is 19.4. The summed E-state index contributed by atoms with van der Waals surface area (Å²) in [5, 5.41) is 9.64. The molecule has 1 heterocycles. The summed E-state index contributed by atoms with van der Waals surface area (Å²) in [6.07, 6.45) is -3.04. The molecule has 0 atom stereocenters. The Morgan fingerprint density at radius 2 is 1.74 bits per heavy atom. The van der Waals surface area contributed by atoms with Crippen molar-refractivity contribution < 1.29 is 23.0 Å². The van der Waals surface area contributed by atoms with Crippen LogP contribution in [0.2, 0.25) is 0 Å². The summed E-state index contributed by atoms with van der Waals surface area (Å²) in [5.41, 5.74) is 1.02. The van der Waals surface area contributed by atoms with Crippen molar-refractivity contribution in [2.45, 2.75) is 38.3 Å². The lowest BCUT2D eigenvalue weighted by molar-refractivity contribution is -0.137. The van der Waals surface area contributed by atoms with Gasteiger partial charge in [0.15, 0.2) is 0 Å². The molecule has 0 unspecified atom stereocenters. The molecule has 0 aromatic heterocycles. The minimum Gasteiger partial charge on any atom is -0.489 e. The van der Waals surface area contributed by atoms with Crippen LogP contribution in [-0.2, 0) is 19.3 Å². The molecule has 2 aromatic rings. The number of benzene rings is 2. The fourth-order valence-electron chi connectivity index (χ4n) is 3.08. The Balaban J connectivity index is 1.66. The van der Waals surface area contributed by atoms with Crippen molar-refractivity contribution in [2.24, 2.45) is 0 Å². The third-order valence-corrected chi connectivity index (χ3v) is 5.14. The van der Waals surface area contributed by atoms with Crippen LogP contribution >= 0.6 is 15.9 Å². The van der Waals surface area contributed by atoms with Gasteiger partial charge >= 0.3 is 6.18 Å². The van der Waals surface area contributed by atoms with E-state index in [0.717, 1.165) is 48.1 Å². The number of likely N-dealkylation sites (tertiary alicyclic amines) is 1. The third kappa shape index (κ3) is 5.70. The Bertz CT molecular complexity index is 757. The van der Waals surface area contributed by atoms with Gasteiger partial charge in [-0.3, -0.25) is 4.90 Å². The molecule has 3 rings (SSSR count). The highest BCUT2D eigenvalue weighted by atomic mass is 79.9. The first kappa shape index (κ1) is 20.2. The van der Waals surface area contributed by atoms with E-state index in [4.69, 9.17) is 4.74 Å². The number of halogens is 4. The lowest BCUT2D eigenvalue weighted by atomic mass is 10.1. The summed E-state index contributed by atoms with van der Waals surface area (Å²) < 4.78 is 44.8. The van der Waals surface area contributed by atoms with E-state index >= 15 is 0 Å². The van der Waals surface area contributed by atoms with Crippen molar-refractivity contribution in [3.05, 3.63) is 63.6 Å². The van der Waals surface area contributed by atoms with Crippen molar-refractivity contribution in [1.29, 1.82) is 0 Å². The first-order chi connectivity index (χ1) is 12.8. The molecule has 1 aliphatic rings. The molecule has 7 heteroatoms. The van der Waals surface area contributed by atoms with Crippen molar-refractivity contribution in [3.63, 3.8) is 0 Å². The summed E-state index contributed by atoms with van der Waals surface area (Å²) >= 11 is 3.47. The van der Waals surface area contributed by atoms with E-state index in [2.05, 4.69) is 20.8 Å². The van der Waals surface area contributed by atoms with Crippen LogP contribution in [0.3, 0.4) is 0 Å². The number of aliphatic hydroxyl groups is 1. The molecular weight excluding hydrogens is 423 g/mol. The highest BCUT2D eigenvalue weighted by molar-refractivity contribution is 9.10. The molecule has 2 aromatic carbocycles. The number of hydrogen-bond acceptors (Lipinski definition) is 3. The Hall–Kier alpha value is -1.57. The molecule has 0 bridgehead atoms. The normalized spacial score (nSPS) is 16.5. The van der Waals surface area contributed by atoms with Gasteiger partial charge in [-0.2, -0.15) is 13.2 Å². The average Bonchev–Trinajstić information content (AvgIpc) is 2.63. The molecule has 1 saturated heterocycles. The lowest BCUT2D eigenvalue weighted by Gasteiger charge is -2.30. The SMILES string of the molecule is OC1CCN(Cc2cc(Br)ccc2OCc2ccc(C(F)(F)F)cc2)CC1. The lowest BCUT2D eigenvalue weighted by Crippen LogP contribution is -2.35. The molecule has 0 spiro atoms. The van der Waals surface area contributed by atoms with Gasteiger partial charge in [-0.15, -0.1) is 0 Å². The monoisotopic (exact) mass is 443 g/mol. The predicted molar refractivity (Wildman–Crippen MR) is 100 cm³/mol. The summed E-state index contributed by atoms with van der Waals surface area (Å²) in [5.74, 6) is 0.712. The highest BCUT2D eigenvalue weighted by Gasteiger charge is 2.29. The van der Waals surface area contributed by atoms with Gasteiger partial charge in [0.2, 0.25) is 0 Å². The van der Waals surface area contributed by atoms with Crippen LogP contribution < -0.4 is 4.74 Å². The molecule has 3 nitrogen and oxygen atoms in total. The molecule has 146 valence electrons. The molecule has 1 fully saturated rings. The van der Waals surface area contributed by atoms with Gasteiger partial charge in [0.05, 0.1) is 11.7 Å². The van der Waals surface area contributed by atoms with E-state index < -0.39 is 11.7 Å². The second-order valence-corrected chi connectivity index (χ2v) is 7.66. The highest BCUT2D eigenvalue weighted by Crippen LogP contribution is 2.30. The summed E-state index contributed by atoms with van der Waals surface area (Å²) in [7, 11) is 0. The van der Waals surface area contributed by atoms with E-state index in [0.29, 0.717) is 17.9 Å². The van der Waals surface area contributed by atoms with Crippen LogP contribution in [-0.4, -0.2) is 29.2 Å². The van der Waals surface area contributed by atoms with Crippen molar-refractivity contribution in [1.82, 2.24) is 4.90 Å². The van der Waals surface area contributed by atoms with Gasteiger partial charge in [0.25, 0.3) is 0 Å². The topological polar surface area (TPSA) is 32.7 Å². The number of ether oxygens (including phenoxy) is 1. The van der Waals surface area contributed by atoms with Gasteiger partial charge in [-0.25, -0.2) is 0 Å². The summed E-state index contributed by atoms with van der Waals surface area (Å²) in [4.78, 5) is 2.26. The van der Waals surface area contributed by atoms with Gasteiger partial charge < -0.3 is 9.84 Å². The number of nitrogens with zero attached hydrogens (tertiary/aromatic N) is 1. The minimum atomic E-state index is -4.33. The van der Waals surface area contributed by atoms with Crippen molar-refractivity contribution in [3.8, 4) is 5.75 Å². The maximum Gasteiger partial charge on any atom is 0.416 e. The standard InChI is InChI=1S/C20H21BrF3NO2/c21-17-5-6-19(15(11-17)12-25-9-7-18(26)8-10-25)27-13-14-1-3-16(4-2-14)20(22,23)24/h1-6,11,18,26H,7-10,12-13H2. The quantitative estimate of drug-likeness (QED) is 0.705. The zero-order valence-electron chi connectivity index (χ0n) is 14.7. The summed E-state index contributed by atoms with van der Waals surface area (Å²) in [6, 6.07) is 10.8. The fraction of sp³-hybridized carbons (Fsp3) is 0.400. The van der Waals surface area contributed by atoms with Gasteiger partial charge in [-0.1, -0.05) is 28.1 Å². The third-order valence-electron chi connectivity index (χ3n) is 4.65. The summed E-state index contributed by atoms with van der Waals surface area (Å²) in [6.45, 7) is 2.55. The molecule has 1 aliphatic heterocycles. The molecule has 0 amide bonds. The number of aliphatic hydroxyl groups excluding tert-OH is 1. The Morgan fingerprint density at radius 3 is 2.37 bits per heavy atom. The van der Waals surface area contributed by atoms with E-state index in [1.54, 1.807) is 0 Å². The number of piperidine rings is 1. The fourth-order valence-corrected chi connectivity index (χ4v) is 3.49. The van der Waals surface area contributed by atoms with Crippen LogP contribution in [0, 0.1) is 0 Å². The second-order valence-electron chi connectivity index (χ2n) is 6.74. The maximum absolute atomic E-state index is 12.7. The van der Waals surface area contributed by atoms with Crippen molar-refractivity contribution in [2.75, 3.05) is 13.1 Å². The molecule has 1 N–H and O–H groups in total. The minimum absolute atomic E-state index is 0.200. The Morgan fingerprint density at radius 1 is 1.07 bits per heavy atom.